The number of aromatic nitrogens is 6. The summed E-state index contributed by atoms with van der Waals surface area (Å²) in [6.45, 7) is -1.23. The minimum Gasteiger partial charge on any atom is -0.508 e. The molecule has 0 aliphatic carbocycles. The number of carbonyl (C=O) groups excluding carboxylic acids is 14. The van der Waals surface area contributed by atoms with Crippen LogP contribution in [0, 0.1) is 10.8 Å². The molecule has 26 N–H and O–H groups in total. The van der Waals surface area contributed by atoms with Crippen molar-refractivity contribution in [2.45, 2.75) is 144 Å². The smallest absolute Gasteiger partial charge is 0.245 e. The van der Waals surface area contributed by atoms with Crippen molar-refractivity contribution in [3.63, 3.8) is 0 Å². The number of imidazole rings is 3. The van der Waals surface area contributed by atoms with Gasteiger partial charge in [0.25, 0.3) is 0 Å². The first kappa shape index (κ1) is 95.2. The first-order chi connectivity index (χ1) is 59.4. The molecule has 3 aromatic heterocycles. The van der Waals surface area contributed by atoms with Crippen molar-refractivity contribution in [2.24, 2.45) is 24.2 Å². The van der Waals surface area contributed by atoms with Gasteiger partial charge in [0.2, 0.25) is 82.7 Å². The molecular formula is C81H106N26O16S. The monoisotopic (exact) mass is 1730 g/mol. The molecule has 8 rings (SSSR count). The molecule has 1 aliphatic heterocycles. The van der Waals surface area contributed by atoms with Crippen LogP contribution in [0.4, 0.5) is 0 Å². The van der Waals surface area contributed by atoms with Crippen molar-refractivity contribution in [3.8, 4) is 16.9 Å². The molecule has 42 nitrogen and oxygen atoms in total. The predicted octanol–water partition coefficient (Wildman–Crippen LogP) is -4.94. The van der Waals surface area contributed by atoms with Gasteiger partial charge in [-0.25, -0.2) is 15.0 Å². The van der Waals surface area contributed by atoms with Crippen LogP contribution in [0.3, 0.4) is 0 Å². The van der Waals surface area contributed by atoms with E-state index in [1.54, 1.807) is 68.6 Å². The van der Waals surface area contributed by atoms with E-state index < -0.39 is 199 Å². The van der Waals surface area contributed by atoms with Crippen LogP contribution in [0.1, 0.15) is 72.8 Å². The molecule has 0 spiro atoms. The number of hydrogen-bond donors (Lipinski definition) is 23. The summed E-state index contributed by atoms with van der Waals surface area (Å²) in [5.41, 5.74) is 20.6. The van der Waals surface area contributed by atoms with Crippen LogP contribution in [0.15, 0.2) is 147 Å². The number of phenols is 1. The summed E-state index contributed by atoms with van der Waals surface area (Å²) in [7, 11) is 2.81. The maximum atomic E-state index is 15.4. The number of aliphatic hydroxyl groups excluding tert-OH is 1. The number of likely N-dealkylation sites (N-methyl/N-ethyl adjacent to an activating group) is 1. The molecule has 4 aromatic carbocycles. The number of benzene rings is 4. The van der Waals surface area contributed by atoms with Crippen LogP contribution in [0.2, 0.25) is 0 Å². The molecule has 0 bridgehead atoms. The molecule has 0 radical (unpaired) electrons. The maximum absolute atomic E-state index is 15.4. The topological polar surface area (TPSA) is 652 Å². The van der Waals surface area contributed by atoms with Gasteiger partial charge in [-0.05, 0) is 72.1 Å². The van der Waals surface area contributed by atoms with E-state index in [0.29, 0.717) is 22.4 Å². The molecule has 0 saturated carbocycles. The van der Waals surface area contributed by atoms with Crippen molar-refractivity contribution in [1.82, 2.24) is 109 Å². The SMILES string of the molecule is CC[C@@H]1NC(=O)[C@H](Cc2ccccc2)NC(=O)CSC[C@@H](C(=O)NCC(N)=O)NC(=O)[C@H](Cc2cncn2C)NC(=O)[C@H](CCCNC(=N)N)NC(=O)[C@H](Cc2c[nH]cn2)NC(=O)[C@H](Cc2ccc(O)cc2)N(C)C(=O)[C@H](CCCNC(=N)N)NC(=O)[C@H](CO)NC(=O)CNC(=O)[C@H](Cc2c[nH]cn2)NC(=O)[C@H](Cc2ccc(-c3ccccc3)cc2)NC1=O. The Hall–Kier alpha value is -14.3. The Kier molecular flexibility index (Phi) is 37.1. The predicted molar refractivity (Wildman–Crippen MR) is 453 cm³/mol. The number of aromatic hydroxyl groups is 1. The van der Waals surface area contributed by atoms with E-state index in [1.165, 1.54) is 73.5 Å². The Labute approximate surface area is 717 Å². The summed E-state index contributed by atoms with van der Waals surface area (Å²) in [6, 6.07) is 12.9. The first-order valence-electron chi connectivity index (χ1n) is 39.8. The van der Waals surface area contributed by atoms with Gasteiger partial charge in [-0.3, -0.25) is 77.9 Å². The van der Waals surface area contributed by atoms with Crippen LogP contribution in [-0.4, -0.2) is 257 Å². The third-order valence-electron chi connectivity index (χ3n) is 19.8. The number of primary amides is 1. The molecule has 1 aliphatic rings. The Morgan fingerprint density at radius 1 is 0.508 bits per heavy atom. The van der Waals surface area contributed by atoms with E-state index >= 15 is 28.8 Å². The number of rotatable bonds is 26. The standard InChI is InChI=1S/C81H106N26O16S/c1-4-55-71(115)101-59(30-47-19-23-50(24-20-47)49-15-9-6-10-16-49)74(118)102-60(32-51-35-87-43-94-51)69(113)93-39-67(111)97-63(40-108)77(121)100-57(18-12-28-91-81(85)86)79(123)107(3)65(31-48-21-25-54(109)26-22-48)78(122)104-61(33-52-36-88-44-95-52)75(119)99-56(17-11-27-90-80(83)84)72(116)103-62(34-53-37-89-45-106(53)2)76(120)105-64(70(114)92-38-66(82)110)41-124-42-68(112)96-58(73(117)98-55)29-46-13-7-5-8-14-46/h5-10,13-16,19-26,35-37,43-45,55-65,108-109H,4,11-12,17-18,27-34,38-42H2,1-3H3,(H2,82,110)(H,87,94)(H,88,95)(H,92,114)(H,93,113)(H,96,112)(H,97,111)(H,98,117)(H,99,119)(H,100,121)(H,101,115)(H,102,118)(H,103,116)(H,104,122)(H,105,120)(H4,83,84,90)(H4,85,86,91)/t55-,56-,57-,58-,59-,60-,61-,62-,63-,64-,65-/m0/s1. The highest BCUT2D eigenvalue weighted by atomic mass is 32.2. The number of carbonyl (C=O) groups is 14. The molecule has 0 unspecified atom stereocenters. The minimum absolute atomic E-state index is 0.00393. The molecule has 11 atom stereocenters. The normalized spacial score (nSPS) is 21.5. The number of aliphatic hydroxyl groups is 1. The highest BCUT2D eigenvalue weighted by molar-refractivity contribution is 8.00. The number of guanidine groups is 2. The number of hydrogen-bond acceptors (Lipinski definition) is 22. The lowest BCUT2D eigenvalue weighted by molar-refractivity contribution is -0.143. The zero-order valence-electron chi connectivity index (χ0n) is 68.4. The Bertz CT molecular complexity index is 4800. The van der Waals surface area contributed by atoms with Gasteiger partial charge in [0, 0.05) is 95.7 Å². The van der Waals surface area contributed by atoms with Gasteiger partial charge in [0.1, 0.15) is 72.2 Å². The third-order valence-corrected chi connectivity index (χ3v) is 20.9. The van der Waals surface area contributed by atoms with Gasteiger partial charge >= 0.3 is 0 Å². The number of nitrogens with zero attached hydrogens (tertiary/aromatic N) is 5. The molecule has 43 heteroatoms. The molecule has 1 saturated heterocycles. The summed E-state index contributed by atoms with van der Waals surface area (Å²) < 4.78 is 1.53. The minimum atomic E-state index is -1.86. The highest BCUT2D eigenvalue weighted by Gasteiger charge is 2.39. The molecular weight excluding hydrogens is 1630 g/mol. The number of nitrogens with two attached hydrogens (primary N) is 3. The number of phenolic OH excluding ortho intramolecular Hbond substituents is 1. The zero-order valence-corrected chi connectivity index (χ0v) is 69.2. The van der Waals surface area contributed by atoms with Crippen molar-refractivity contribution in [1.29, 1.82) is 10.8 Å². The molecule has 662 valence electrons. The second-order valence-corrected chi connectivity index (χ2v) is 30.3. The summed E-state index contributed by atoms with van der Waals surface area (Å²) in [6.07, 6.45) is 5.88. The van der Waals surface area contributed by atoms with Gasteiger partial charge in [-0.1, -0.05) is 104 Å². The Morgan fingerprint density at radius 3 is 1.52 bits per heavy atom. The van der Waals surface area contributed by atoms with Crippen LogP contribution in [0.25, 0.3) is 11.1 Å². The Balaban J connectivity index is 1.19. The van der Waals surface area contributed by atoms with Gasteiger partial charge in [-0.2, -0.15) is 0 Å². The van der Waals surface area contributed by atoms with E-state index in [9.17, 15) is 48.6 Å². The van der Waals surface area contributed by atoms with Crippen molar-refractivity contribution in [2.75, 3.05) is 51.3 Å². The van der Waals surface area contributed by atoms with Crippen molar-refractivity contribution >= 4 is 106 Å². The summed E-state index contributed by atoms with van der Waals surface area (Å²) in [4.78, 5) is 223. The molecule has 14 amide bonds. The summed E-state index contributed by atoms with van der Waals surface area (Å²) in [5.74, 6) is -15.7. The number of aryl methyl sites for hydroxylation is 1. The zero-order chi connectivity index (χ0) is 89.8. The van der Waals surface area contributed by atoms with Crippen LogP contribution >= 0.6 is 11.8 Å². The van der Waals surface area contributed by atoms with Gasteiger partial charge in [-0.15, -0.1) is 11.8 Å². The van der Waals surface area contributed by atoms with E-state index in [2.05, 4.69) is 99.4 Å². The number of nitrogens with one attached hydrogen (secondary N) is 18. The molecule has 7 aromatic rings. The molecule has 1 fully saturated rings. The average Bonchev–Trinajstić information content (AvgIpc) is 1.00. The number of thioether (sulfide) groups is 1. The van der Waals surface area contributed by atoms with Crippen molar-refractivity contribution in [3.05, 3.63) is 181 Å². The summed E-state index contributed by atoms with van der Waals surface area (Å²) >= 11 is 0.796. The fourth-order valence-electron chi connectivity index (χ4n) is 13.1. The molecule has 124 heavy (non-hydrogen) atoms. The fraction of sp³-hybridized carbons (Fsp3) is 0.395. The Morgan fingerprint density at radius 2 is 0.968 bits per heavy atom. The van der Waals surface area contributed by atoms with Gasteiger partial charge < -0.3 is 121 Å². The number of aromatic amines is 2. The number of amides is 14. The lowest BCUT2D eigenvalue weighted by atomic mass is 9.99. The van der Waals surface area contributed by atoms with Crippen molar-refractivity contribution < 1.29 is 77.3 Å². The van der Waals surface area contributed by atoms with Crippen LogP contribution in [0.5, 0.6) is 5.75 Å². The maximum Gasteiger partial charge on any atom is 0.245 e. The second kappa shape index (κ2) is 48.3. The summed E-state index contributed by atoms with van der Waals surface area (Å²) in [5, 5.41) is 73.2. The highest BCUT2D eigenvalue weighted by Crippen LogP contribution is 2.22. The van der Waals surface area contributed by atoms with Crippen LogP contribution < -0.4 is 91.6 Å². The third kappa shape index (κ3) is 30.8. The van der Waals surface area contributed by atoms with E-state index in [-0.39, 0.29) is 94.4 Å². The molecule has 4 heterocycles. The number of H-pyrrole nitrogens is 2. The lowest BCUT2D eigenvalue weighted by Crippen LogP contribution is -2.61. The fourth-order valence-corrected chi connectivity index (χ4v) is 14.0. The lowest BCUT2D eigenvalue weighted by Gasteiger charge is -2.33. The van der Waals surface area contributed by atoms with Gasteiger partial charge in [0.05, 0.1) is 55.8 Å². The van der Waals surface area contributed by atoms with E-state index in [0.717, 1.165) is 27.8 Å². The van der Waals surface area contributed by atoms with Gasteiger partial charge in [0.15, 0.2) is 11.9 Å². The van der Waals surface area contributed by atoms with Crippen LogP contribution in [-0.2, 0) is 113 Å². The average molecular weight is 1730 g/mol. The first-order valence-corrected chi connectivity index (χ1v) is 40.9. The second-order valence-electron chi connectivity index (χ2n) is 29.2. The quantitative estimate of drug-likeness (QED) is 0.0137. The van der Waals surface area contributed by atoms with E-state index in [4.69, 9.17) is 28.0 Å². The largest absolute Gasteiger partial charge is 0.508 e. The van der Waals surface area contributed by atoms with E-state index in [1.807, 2.05) is 30.3 Å².